The molecule has 104 valence electrons. The van der Waals surface area contributed by atoms with Gasteiger partial charge in [0.15, 0.2) is 0 Å². The third-order valence-corrected chi connectivity index (χ3v) is 4.16. The number of pyridine rings is 1. The van der Waals surface area contributed by atoms with Crippen LogP contribution in [0, 0.1) is 13.8 Å². The van der Waals surface area contributed by atoms with Gasteiger partial charge in [0, 0.05) is 18.1 Å². The smallest absolute Gasteiger partial charge is 0.252 e. The van der Waals surface area contributed by atoms with Crippen LogP contribution in [0.1, 0.15) is 45.6 Å². The van der Waals surface area contributed by atoms with Crippen molar-refractivity contribution >= 4 is 16.8 Å². The molecule has 0 fully saturated rings. The maximum Gasteiger partial charge on any atom is 0.252 e. The van der Waals surface area contributed by atoms with Crippen LogP contribution in [0.5, 0.6) is 0 Å². The van der Waals surface area contributed by atoms with Crippen molar-refractivity contribution in [2.45, 2.75) is 39.5 Å². The Morgan fingerprint density at radius 2 is 1.95 bits per heavy atom. The van der Waals surface area contributed by atoms with Crippen LogP contribution >= 0.6 is 0 Å². The molecular formula is C17H20N2O. The first-order chi connectivity index (χ1) is 9.61. The highest BCUT2D eigenvalue weighted by atomic mass is 16.1. The predicted octanol–water partition coefficient (Wildman–Crippen LogP) is 3.09. The molecule has 1 N–H and O–H groups in total. The number of carbonyl (C=O) groups excluding carboxylic acids is 1. The van der Waals surface area contributed by atoms with Gasteiger partial charge in [0.1, 0.15) is 0 Å². The molecule has 3 heteroatoms. The van der Waals surface area contributed by atoms with Crippen molar-refractivity contribution in [3.05, 3.63) is 40.1 Å². The first kappa shape index (κ1) is 13.1. The zero-order valence-electron chi connectivity index (χ0n) is 12.3. The molecule has 1 aliphatic carbocycles. The molecule has 1 aromatic heterocycles. The van der Waals surface area contributed by atoms with Crippen LogP contribution in [-0.2, 0) is 12.8 Å². The highest BCUT2D eigenvalue weighted by Gasteiger charge is 2.22. The lowest BCUT2D eigenvalue weighted by Crippen LogP contribution is -2.23. The first-order valence-corrected chi connectivity index (χ1v) is 7.26. The average Bonchev–Trinajstić information content (AvgIpc) is 2.44. The number of aromatic nitrogens is 1. The molecule has 1 aliphatic rings. The van der Waals surface area contributed by atoms with E-state index < -0.39 is 0 Å². The molecule has 0 unspecified atom stereocenters. The molecule has 3 nitrogen and oxygen atoms in total. The monoisotopic (exact) mass is 268 g/mol. The number of nitrogens with zero attached hydrogens (tertiary/aromatic N) is 1. The second-order valence-corrected chi connectivity index (χ2v) is 5.68. The predicted molar refractivity (Wildman–Crippen MR) is 81.2 cm³/mol. The number of benzene rings is 1. The van der Waals surface area contributed by atoms with Gasteiger partial charge in [-0.3, -0.25) is 9.78 Å². The molecule has 2 aromatic rings. The Kier molecular flexibility index (Phi) is 3.20. The summed E-state index contributed by atoms with van der Waals surface area (Å²) in [6.07, 6.45) is 4.27. The Balaban J connectivity index is 2.42. The summed E-state index contributed by atoms with van der Waals surface area (Å²) in [5.41, 5.74) is 6.44. The summed E-state index contributed by atoms with van der Waals surface area (Å²) in [6, 6.07) is 4.23. The van der Waals surface area contributed by atoms with Gasteiger partial charge >= 0.3 is 0 Å². The van der Waals surface area contributed by atoms with Crippen LogP contribution in [0.2, 0.25) is 0 Å². The standard InChI is InChI=1S/C17H20N2O/c1-10-8-11(2)16-13(9-10)15(17(20)18-3)12-6-4-5-7-14(12)19-16/h8-9H,4-7H2,1-3H3,(H,18,20). The van der Waals surface area contributed by atoms with E-state index in [9.17, 15) is 4.79 Å². The molecular weight excluding hydrogens is 248 g/mol. The Bertz CT molecular complexity index is 704. The van der Waals surface area contributed by atoms with Gasteiger partial charge in [-0.25, -0.2) is 0 Å². The van der Waals surface area contributed by atoms with Crippen LogP contribution in [-0.4, -0.2) is 17.9 Å². The number of amides is 1. The molecule has 3 rings (SSSR count). The molecule has 0 saturated carbocycles. The van der Waals surface area contributed by atoms with E-state index in [1.807, 2.05) is 0 Å². The number of aryl methyl sites for hydroxylation is 3. The van der Waals surface area contributed by atoms with Crippen molar-refractivity contribution in [3.63, 3.8) is 0 Å². The van der Waals surface area contributed by atoms with Gasteiger partial charge in [0.25, 0.3) is 5.91 Å². The van der Waals surface area contributed by atoms with E-state index in [2.05, 4.69) is 31.3 Å². The van der Waals surface area contributed by atoms with Gasteiger partial charge in [-0.15, -0.1) is 0 Å². The van der Waals surface area contributed by atoms with Crippen LogP contribution in [0.25, 0.3) is 10.9 Å². The summed E-state index contributed by atoms with van der Waals surface area (Å²) in [6.45, 7) is 4.14. The van der Waals surface area contributed by atoms with Crippen LogP contribution in [0.3, 0.4) is 0 Å². The summed E-state index contributed by atoms with van der Waals surface area (Å²) in [4.78, 5) is 17.2. The number of hydrogen-bond acceptors (Lipinski definition) is 2. The van der Waals surface area contributed by atoms with Crippen molar-refractivity contribution in [1.29, 1.82) is 0 Å². The molecule has 0 spiro atoms. The van der Waals surface area contributed by atoms with Crippen molar-refractivity contribution in [2.75, 3.05) is 7.05 Å². The number of nitrogens with one attached hydrogen (secondary N) is 1. The zero-order chi connectivity index (χ0) is 14.3. The van der Waals surface area contributed by atoms with E-state index in [0.29, 0.717) is 0 Å². The fourth-order valence-corrected chi connectivity index (χ4v) is 3.26. The summed E-state index contributed by atoms with van der Waals surface area (Å²) in [5, 5.41) is 3.80. The molecule has 1 aromatic carbocycles. The Labute approximate surface area is 119 Å². The van der Waals surface area contributed by atoms with E-state index in [4.69, 9.17) is 4.98 Å². The van der Waals surface area contributed by atoms with Crippen LogP contribution < -0.4 is 5.32 Å². The Morgan fingerprint density at radius 1 is 1.20 bits per heavy atom. The number of fused-ring (bicyclic) bond motifs is 2. The third-order valence-electron chi connectivity index (χ3n) is 4.16. The molecule has 0 atom stereocenters. The maximum absolute atomic E-state index is 12.4. The molecule has 0 saturated heterocycles. The average molecular weight is 268 g/mol. The summed E-state index contributed by atoms with van der Waals surface area (Å²) < 4.78 is 0. The number of hydrogen-bond donors (Lipinski definition) is 1. The lowest BCUT2D eigenvalue weighted by Gasteiger charge is -2.21. The lowest BCUT2D eigenvalue weighted by atomic mass is 9.88. The minimum atomic E-state index is 0.0144. The minimum Gasteiger partial charge on any atom is -0.355 e. The molecule has 1 amide bonds. The van der Waals surface area contributed by atoms with E-state index in [1.165, 1.54) is 12.0 Å². The first-order valence-electron chi connectivity index (χ1n) is 7.26. The van der Waals surface area contributed by atoms with Crippen molar-refractivity contribution in [1.82, 2.24) is 10.3 Å². The molecule has 0 bridgehead atoms. The summed E-state index contributed by atoms with van der Waals surface area (Å²) >= 11 is 0. The quantitative estimate of drug-likeness (QED) is 0.863. The summed E-state index contributed by atoms with van der Waals surface area (Å²) in [7, 11) is 1.70. The highest BCUT2D eigenvalue weighted by molar-refractivity contribution is 6.08. The molecule has 0 aliphatic heterocycles. The van der Waals surface area contributed by atoms with Gasteiger partial charge < -0.3 is 5.32 Å². The molecule has 1 heterocycles. The van der Waals surface area contributed by atoms with Gasteiger partial charge in [-0.05, 0) is 56.7 Å². The van der Waals surface area contributed by atoms with Crippen molar-refractivity contribution in [2.24, 2.45) is 0 Å². The maximum atomic E-state index is 12.4. The van der Waals surface area contributed by atoms with E-state index in [-0.39, 0.29) is 5.91 Å². The van der Waals surface area contributed by atoms with Crippen molar-refractivity contribution < 1.29 is 4.79 Å². The van der Waals surface area contributed by atoms with E-state index >= 15 is 0 Å². The minimum absolute atomic E-state index is 0.0144. The summed E-state index contributed by atoms with van der Waals surface area (Å²) in [5.74, 6) is 0.0144. The van der Waals surface area contributed by atoms with Gasteiger partial charge in [-0.1, -0.05) is 11.6 Å². The number of rotatable bonds is 1. The Morgan fingerprint density at radius 3 is 2.70 bits per heavy atom. The number of carbonyl (C=O) groups is 1. The van der Waals surface area contributed by atoms with E-state index in [0.717, 1.165) is 52.5 Å². The zero-order valence-corrected chi connectivity index (χ0v) is 12.3. The SMILES string of the molecule is CNC(=O)c1c2c(nc3c(C)cc(C)cc13)CCCC2. The van der Waals surface area contributed by atoms with Gasteiger partial charge in [-0.2, -0.15) is 0 Å². The largest absolute Gasteiger partial charge is 0.355 e. The lowest BCUT2D eigenvalue weighted by molar-refractivity contribution is 0.0963. The Hall–Kier alpha value is -1.90. The normalized spacial score (nSPS) is 14.2. The topological polar surface area (TPSA) is 42.0 Å². The van der Waals surface area contributed by atoms with Gasteiger partial charge in [0.05, 0.1) is 11.1 Å². The fraction of sp³-hybridized carbons (Fsp3) is 0.412. The second kappa shape index (κ2) is 4.89. The molecule has 20 heavy (non-hydrogen) atoms. The second-order valence-electron chi connectivity index (χ2n) is 5.68. The van der Waals surface area contributed by atoms with Crippen LogP contribution in [0.15, 0.2) is 12.1 Å². The third kappa shape index (κ3) is 1.98. The van der Waals surface area contributed by atoms with Crippen molar-refractivity contribution in [3.8, 4) is 0 Å². The highest BCUT2D eigenvalue weighted by Crippen LogP contribution is 2.31. The van der Waals surface area contributed by atoms with E-state index in [1.54, 1.807) is 7.05 Å². The fourth-order valence-electron chi connectivity index (χ4n) is 3.26. The van der Waals surface area contributed by atoms with Crippen LogP contribution in [0.4, 0.5) is 0 Å². The molecule has 0 radical (unpaired) electrons. The van der Waals surface area contributed by atoms with Gasteiger partial charge in [0.2, 0.25) is 0 Å².